The first-order valence-corrected chi connectivity index (χ1v) is 6.38. The molecule has 76 valence electrons. The number of hydrogen-bond acceptors (Lipinski definition) is 2. The van der Waals surface area contributed by atoms with Gasteiger partial charge in [0.1, 0.15) is 0 Å². The maximum absolute atomic E-state index is 11.3. The van der Waals surface area contributed by atoms with Crippen LogP contribution >= 0.6 is 0 Å². The average molecular weight is 203 g/mol. The van der Waals surface area contributed by atoms with E-state index in [1.54, 1.807) is 0 Å². The van der Waals surface area contributed by atoms with Gasteiger partial charge in [0.05, 0.1) is 5.75 Å². The zero-order valence-electron chi connectivity index (χ0n) is 7.99. The van der Waals surface area contributed by atoms with Crippen LogP contribution in [0.2, 0.25) is 0 Å². The molecule has 1 saturated carbocycles. The predicted octanol–water partition coefficient (Wildman–Crippen LogP) is 1.28. The van der Waals surface area contributed by atoms with Crippen molar-refractivity contribution in [1.29, 1.82) is 0 Å². The molecule has 0 radical (unpaired) electrons. The van der Waals surface area contributed by atoms with Crippen molar-refractivity contribution >= 4 is 10.0 Å². The molecular weight excluding hydrogens is 186 g/mol. The van der Waals surface area contributed by atoms with Gasteiger partial charge in [-0.25, -0.2) is 13.1 Å². The number of hydrogen-bond donors (Lipinski definition) is 1. The fourth-order valence-electron chi connectivity index (χ4n) is 1.12. The lowest BCUT2D eigenvalue weighted by molar-refractivity contribution is 0.578. The van der Waals surface area contributed by atoms with Gasteiger partial charge >= 0.3 is 0 Å². The van der Waals surface area contributed by atoms with Crippen LogP contribution < -0.4 is 4.72 Å². The van der Waals surface area contributed by atoms with Gasteiger partial charge in [0.2, 0.25) is 10.0 Å². The van der Waals surface area contributed by atoms with E-state index in [0.29, 0.717) is 18.2 Å². The number of nitrogens with one attached hydrogen (secondary N) is 1. The second-order valence-electron chi connectivity index (χ2n) is 3.48. The quantitative estimate of drug-likeness (QED) is 0.522. The monoisotopic (exact) mass is 203 g/mol. The smallest absolute Gasteiger partial charge is 0.211 e. The first-order chi connectivity index (χ1) is 6.14. The molecule has 3 nitrogen and oxygen atoms in total. The highest BCUT2D eigenvalue weighted by Gasteiger charge is 2.27. The summed E-state index contributed by atoms with van der Waals surface area (Å²) >= 11 is 0. The van der Waals surface area contributed by atoms with E-state index in [9.17, 15) is 8.42 Å². The molecule has 1 N–H and O–H groups in total. The van der Waals surface area contributed by atoms with Gasteiger partial charge in [-0.05, 0) is 32.1 Å². The zero-order valence-corrected chi connectivity index (χ0v) is 8.81. The topological polar surface area (TPSA) is 46.2 Å². The molecule has 0 aromatic carbocycles. The van der Waals surface area contributed by atoms with E-state index in [1.807, 2.05) is 19.1 Å². The average Bonchev–Trinajstić information content (AvgIpc) is 2.81. The van der Waals surface area contributed by atoms with Crippen LogP contribution in [-0.4, -0.2) is 20.7 Å². The molecule has 4 heteroatoms. The summed E-state index contributed by atoms with van der Waals surface area (Å²) in [4.78, 5) is 0. The van der Waals surface area contributed by atoms with Crippen molar-refractivity contribution in [3.8, 4) is 0 Å². The molecule has 0 spiro atoms. The molecular formula is C9H17NO2S. The first-order valence-electron chi connectivity index (χ1n) is 4.72. The highest BCUT2D eigenvalue weighted by Crippen LogP contribution is 2.29. The van der Waals surface area contributed by atoms with E-state index in [1.165, 1.54) is 0 Å². The number of rotatable bonds is 6. The molecule has 13 heavy (non-hydrogen) atoms. The third-order valence-electron chi connectivity index (χ3n) is 2.02. The summed E-state index contributed by atoms with van der Waals surface area (Å²) in [7, 11) is -2.98. The molecule has 1 fully saturated rings. The van der Waals surface area contributed by atoms with E-state index >= 15 is 0 Å². The normalized spacial score (nSPS) is 18.2. The largest absolute Gasteiger partial charge is 0.215 e. The number of sulfonamides is 1. The van der Waals surface area contributed by atoms with Crippen LogP contribution in [0.1, 0.15) is 26.2 Å². The van der Waals surface area contributed by atoms with E-state index in [2.05, 4.69) is 4.72 Å². The van der Waals surface area contributed by atoms with Crippen molar-refractivity contribution in [2.24, 2.45) is 5.92 Å². The van der Waals surface area contributed by atoms with Crippen molar-refractivity contribution in [1.82, 2.24) is 4.72 Å². The highest BCUT2D eigenvalue weighted by molar-refractivity contribution is 7.89. The molecule has 0 heterocycles. The molecule has 1 aliphatic carbocycles. The first kappa shape index (κ1) is 10.7. The number of allylic oxidation sites excluding steroid dienone is 1. The third kappa shape index (κ3) is 5.05. The van der Waals surface area contributed by atoms with Crippen LogP contribution in [0.25, 0.3) is 0 Å². The zero-order chi connectivity index (χ0) is 9.73. The molecule has 0 atom stereocenters. The van der Waals surface area contributed by atoms with Crippen molar-refractivity contribution in [3.05, 3.63) is 12.2 Å². The lowest BCUT2D eigenvalue weighted by Gasteiger charge is -2.03. The lowest BCUT2D eigenvalue weighted by Crippen LogP contribution is -2.27. The van der Waals surface area contributed by atoms with E-state index in [4.69, 9.17) is 0 Å². The minimum atomic E-state index is -2.98. The van der Waals surface area contributed by atoms with E-state index < -0.39 is 10.0 Å². The fraction of sp³-hybridized carbons (Fsp3) is 0.778. The van der Waals surface area contributed by atoms with Gasteiger partial charge in [-0.1, -0.05) is 12.2 Å². The Balaban J connectivity index is 2.17. The molecule has 0 unspecified atom stereocenters. The standard InChI is InChI=1S/C9H17NO2S/c1-2-3-4-7-10-13(11,12)8-9-5-6-9/h2-3,9-10H,4-8H2,1H3/b3-2+. The summed E-state index contributed by atoms with van der Waals surface area (Å²) in [5.41, 5.74) is 0. The van der Waals surface area contributed by atoms with Gasteiger partial charge in [-0.3, -0.25) is 0 Å². The van der Waals surface area contributed by atoms with E-state index in [0.717, 1.165) is 19.3 Å². The van der Waals surface area contributed by atoms with Gasteiger partial charge < -0.3 is 0 Å². The summed E-state index contributed by atoms with van der Waals surface area (Å²) in [5, 5.41) is 0. The Labute approximate surface area is 80.3 Å². The van der Waals surface area contributed by atoms with Crippen molar-refractivity contribution in [2.45, 2.75) is 26.2 Å². The minimum Gasteiger partial charge on any atom is -0.215 e. The molecule has 0 saturated heterocycles. The summed E-state index contributed by atoms with van der Waals surface area (Å²) in [6.07, 6.45) is 6.82. The van der Waals surface area contributed by atoms with Crippen LogP contribution in [0.15, 0.2) is 12.2 Å². The Kier molecular flexibility index (Phi) is 3.93. The Hall–Kier alpha value is -0.350. The lowest BCUT2D eigenvalue weighted by atomic mass is 10.4. The van der Waals surface area contributed by atoms with E-state index in [-0.39, 0.29) is 0 Å². The third-order valence-corrected chi connectivity index (χ3v) is 3.57. The van der Waals surface area contributed by atoms with Gasteiger partial charge in [-0.15, -0.1) is 0 Å². The Morgan fingerprint density at radius 3 is 2.69 bits per heavy atom. The van der Waals surface area contributed by atoms with Crippen LogP contribution in [0, 0.1) is 5.92 Å². The molecule has 0 aromatic rings. The fourth-order valence-corrected chi connectivity index (χ4v) is 2.62. The van der Waals surface area contributed by atoms with Gasteiger partial charge in [0.15, 0.2) is 0 Å². The van der Waals surface area contributed by atoms with Gasteiger partial charge in [0.25, 0.3) is 0 Å². The van der Waals surface area contributed by atoms with Crippen molar-refractivity contribution in [2.75, 3.05) is 12.3 Å². The second-order valence-corrected chi connectivity index (χ2v) is 5.33. The van der Waals surface area contributed by atoms with Crippen molar-refractivity contribution < 1.29 is 8.42 Å². The SMILES string of the molecule is C/C=C/CCNS(=O)(=O)CC1CC1. The maximum Gasteiger partial charge on any atom is 0.211 e. The second kappa shape index (κ2) is 4.77. The molecule has 1 rings (SSSR count). The molecule has 0 bridgehead atoms. The summed E-state index contributed by atoms with van der Waals surface area (Å²) in [6, 6.07) is 0. The van der Waals surface area contributed by atoms with Crippen LogP contribution in [0.3, 0.4) is 0 Å². The van der Waals surface area contributed by atoms with Crippen LogP contribution in [-0.2, 0) is 10.0 Å². The molecule has 0 amide bonds. The van der Waals surface area contributed by atoms with Crippen LogP contribution in [0.5, 0.6) is 0 Å². The Morgan fingerprint density at radius 1 is 1.46 bits per heavy atom. The minimum absolute atomic E-state index is 0.322. The Morgan fingerprint density at radius 2 is 2.15 bits per heavy atom. The Bertz CT molecular complexity index is 265. The van der Waals surface area contributed by atoms with Crippen molar-refractivity contribution in [3.63, 3.8) is 0 Å². The van der Waals surface area contributed by atoms with Gasteiger partial charge in [0, 0.05) is 6.54 Å². The highest BCUT2D eigenvalue weighted by atomic mass is 32.2. The molecule has 0 aromatic heterocycles. The maximum atomic E-state index is 11.3. The molecule has 0 aliphatic heterocycles. The van der Waals surface area contributed by atoms with Crippen LogP contribution in [0.4, 0.5) is 0 Å². The molecule has 1 aliphatic rings. The summed E-state index contributed by atoms with van der Waals surface area (Å²) in [6.45, 7) is 2.46. The summed E-state index contributed by atoms with van der Waals surface area (Å²) < 4.78 is 25.2. The van der Waals surface area contributed by atoms with Gasteiger partial charge in [-0.2, -0.15) is 0 Å². The predicted molar refractivity (Wildman–Crippen MR) is 53.9 cm³/mol. The summed E-state index contributed by atoms with van der Waals surface area (Å²) in [5.74, 6) is 0.752.